The lowest BCUT2D eigenvalue weighted by Gasteiger charge is -2.69. The third-order valence-electron chi connectivity index (χ3n) is 12.5. The third kappa shape index (κ3) is 2.95. The summed E-state index contributed by atoms with van der Waals surface area (Å²) < 4.78 is 5.86. The standard InChI is InChI=1S/C32H48O2/c1-20-12-15-29(6)18-19-31(8)23(27(29)21(20)2)10-11-25-30(7)16-14-26(34-22(3)33)28(4,5)24(30)13-17-32(25,31)9/h10,13,21,25-27H,1,11-12,14-19H2,2-9H3/t21-,25?,26-,27-,29-,30+,31-,32-/m1/s1. The van der Waals surface area contributed by atoms with E-state index < -0.39 is 0 Å². The maximum atomic E-state index is 11.9. The Kier molecular flexibility index (Phi) is 5.28. The first-order valence-electron chi connectivity index (χ1n) is 14.0. The van der Waals surface area contributed by atoms with E-state index in [0.717, 1.165) is 19.3 Å². The summed E-state index contributed by atoms with van der Waals surface area (Å²) in [6.45, 7) is 23.6. The van der Waals surface area contributed by atoms with Gasteiger partial charge in [0.25, 0.3) is 0 Å². The van der Waals surface area contributed by atoms with Crippen molar-refractivity contribution in [2.75, 3.05) is 0 Å². The summed E-state index contributed by atoms with van der Waals surface area (Å²) in [5.74, 6) is 1.74. The van der Waals surface area contributed by atoms with Gasteiger partial charge in [0.15, 0.2) is 0 Å². The highest BCUT2D eigenvalue weighted by atomic mass is 16.5. The molecule has 0 aromatic heterocycles. The summed E-state index contributed by atoms with van der Waals surface area (Å²) in [7, 11) is 0. The fraction of sp³-hybridized carbons (Fsp3) is 0.781. The number of allylic oxidation sites excluding steroid dienone is 4. The quantitative estimate of drug-likeness (QED) is 0.287. The average molecular weight is 465 g/mol. The molecular formula is C32H48O2. The zero-order valence-corrected chi connectivity index (χ0v) is 23.1. The Bertz CT molecular complexity index is 983. The van der Waals surface area contributed by atoms with Crippen LogP contribution in [-0.4, -0.2) is 12.1 Å². The van der Waals surface area contributed by atoms with Crippen LogP contribution < -0.4 is 0 Å². The van der Waals surface area contributed by atoms with Crippen LogP contribution in [-0.2, 0) is 9.53 Å². The number of hydrogen-bond donors (Lipinski definition) is 0. The van der Waals surface area contributed by atoms with Crippen molar-refractivity contribution >= 4 is 5.97 Å². The molecular weight excluding hydrogens is 416 g/mol. The molecule has 5 rings (SSSR count). The van der Waals surface area contributed by atoms with Crippen LogP contribution in [0, 0.1) is 44.8 Å². The van der Waals surface area contributed by atoms with E-state index in [0.29, 0.717) is 23.2 Å². The van der Waals surface area contributed by atoms with Gasteiger partial charge in [-0.2, -0.15) is 0 Å². The normalized spacial score (nSPS) is 49.5. The number of fused-ring (bicyclic) bond motifs is 7. The smallest absolute Gasteiger partial charge is 0.302 e. The summed E-state index contributed by atoms with van der Waals surface area (Å²) in [5.41, 5.74) is 5.81. The van der Waals surface area contributed by atoms with Gasteiger partial charge in [0.05, 0.1) is 0 Å². The van der Waals surface area contributed by atoms with Gasteiger partial charge in [-0.05, 0) is 90.8 Å². The Balaban J connectivity index is 1.57. The van der Waals surface area contributed by atoms with Gasteiger partial charge in [0.2, 0.25) is 0 Å². The largest absolute Gasteiger partial charge is 0.462 e. The van der Waals surface area contributed by atoms with Crippen LogP contribution in [0.5, 0.6) is 0 Å². The van der Waals surface area contributed by atoms with E-state index in [1.165, 1.54) is 37.7 Å². The van der Waals surface area contributed by atoms with Crippen LogP contribution >= 0.6 is 0 Å². The average Bonchev–Trinajstić information content (AvgIpc) is 2.74. The van der Waals surface area contributed by atoms with Gasteiger partial charge >= 0.3 is 5.97 Å². The predicted molar refractivity (Wildman–Crippen MR) is 140 cm³/mol. The minimum absolute atomic E-state index is 0.0107. The molecule has 5 aliphatic rings. The molecule has 0 amide bonds. The van der Waals surface area contributed by atoms with E-state index in [9.17, 15) is 4.79 Å². The fourth-order valence-electron chi connectivity index (χ4n) is 10.2. The highest BCUT2D eigenvalue weighted by molar-refractivity contribution is 5.66. The van der Waals surface area contributed by atoms with Gasteiger partial charge in [-0.25, -0.2) is 0 Å². The van der Waals surface area contributed by atoms with Crippen molar-refractivity contribution in [3.05, 3.63) is 35.5 Å². The molecule has 2 heteroatoms. The lowest BCUT2D eigenvalue weighted by atomic mass is 9.35. The molecule has 0 radical (unpaired) electrons. The van der Waals surface area contributed by atoms with Crippen LogP contribution in [0.2, 0.25) is 0 Å². The molecule has 0 bridgehead atoms. The second-order valence-corrected chi connectivity index (χ2v) is 14.4. The van der Waals surface area contributed by atoms with Gasteiger partial charge in [0, 0.05) is 12.3 Å². The molecule has 0 aromatic rings. The Labute approximate surface area is 208 Å². The van der Waals surface area contributed by atoms with Gasteiger partial charge in [-0.3, -0.25) is 4.79 Å². The minimum atomic E-state index is -0.144. The summed E-state index contributed by atoms with van der Waals surface area (Å²) in [6, 6.07) is 0. The van der Waals surface area contributed by atoms with Crippen molar-refractivity contribution < 1.29 is 9.53 Å². The van der Waals surface area contributed by atoms with E-state index in [1.54, 1.807) is 18.1 Å². The minimum Gasteiger partial charge on any atom is -0.462 e. The predicted octanol–water partition coefficient (Wildman–Crippen LogP) is 8.44. The van der Waals surface area contributed by atoms with Crippen molar-refractivity contribution in [2.45, 2.75) is 113 Å². The lowest BCUT2D eigenvalue weighted by molar-refractivity contribution is -0.159. The molecule has 8 atom stereocenters. The summed E-state index contributed by atoms with van der Waals surface area (Å²) in [6.07, 6.45) is 14.9. The van der Waals surface area contributed by atoms with Crippen molar-refractivity contribution in [3.8, 4) is 0 Å². The molecule has 0 heterocycles. The van der Waals surface area contributed by atoms with Crippen LogP contribution in [0.1, 0.15) is 107 Å². The van der Waals surface area contributed by atoms with E-state index in [1.807, 2.05) is 0 Å². The third-order valence-corrected chi connectivity index (χ3v) is 12.5. The fourth-order valence-corrected chi connectivity index (χ4v) is 10.2. The van der Waals surface area contributed by atoms with Crippen LogP contribution in [0.15, 0.2) is 35.5 Å². The number of carbonyl (C=O) groups is 1. The van der Waals surface area contributed by atoms with Crippen LogP contribution in [0.25, 0.3) is 0 Å². The highest BCUT2D eigenvalue weighted by Gasteiger charge is 2.66. The second-order valence-electron chi connectivity index (χ2n) is 14.4. The van der Waals surface area contributed by atoms with Crippen molar-refractivity contribution in [2.24, 2.45) is 44.8 Å². The van der Waals surface area contributed by atoms with E-state index >= 15 is 0 Å². The monoisotopic (exact) mass is 464 g/mol. The molecule has 188 valence electrons. The van der Waals surface area contributed by atoms with E-state index in [4.69, 9.17) is 4.74 Å². The summed E-state index contributed by atoms with van der Waals surface area (Å²) in [4.78, 5) is 11.9. The highest BCUT2D eigenvalue weighted by Crippen LogP contribution is 2.74. The first-order chi connectivity index (χ1) is 15.7. The SMILES string of the molecule is C=C1CC[C@]2(C)CC[C@]3(C)C(=CCC4[C@@]5(C)CC[C@@H](OC(C)=O)C(C)(C)C5=CC[C@]43C)[C@H]2[C@@H]1C. The lowest BCUT2D eigenvalue weighted by Crippen LogP contribution is -2.61. The van der Waals surface area contributed by atoms with Gasteiger partial charge in [-0.1, -0.05) is 83.9 Å². The van der Waals surface area contributed by atoms with E-state index in [-0.39, 0.29) is 33.7 Å². The topological polar surface area (TPSA) is 26.3 Å². The molecule has 1 unspecified atom stereocenters. The number of esters is 1. The molecule has 3 saturated carbocycles. The number of rotatable bonds is 1. The number of hydrogen-bond acceptors (Lipinski definition) is 2. The summed E-state index contributed by atoms with van der Waals surface area (Å²) >= 11 is 0. The second kappa shape index (κ2) is 7.36. The number of ether oxygens (including phenoxy) is 1. The van der Waals surface area contributed by atoms with Gasteiger partial charge < -0.3 is 4.74 Å². The van der Waals surface area contributed by atoms with Crippen molar-refractivity contribution in [1.29, 1.82) is 0 Å². The molecule has 0 N–H and O–H groups in total. The zero-order chi connectivity index (χ0) is 24.9. The van der Waals surface area contributed by atoms with E-state index in [2.05, 4.69) is 67.2 Å². The molecule has 0 aromatic carbocycles. The van der Waals surface area contributed by atoms with Crippen LogP contribution in [0.3, 0.4) is 0 Å². The Morgan fingerprint density at radius 1 is 1.03 bits per heavy atom. The molecule has 3 fully saturated rings. The van der Waals surface area contributed by atoms with Crippen molar-refractivity contribution in [1.82, 2.24) is 0 Å². The first kappa shape index (κ1) is 24.4. The molecule has 5 aliphatic carbocycles. The summed E-state index contributed by atoms with van der Waals surface area (Å²) in [5, 5.41) is 0. The molecule has 2 nitrogen and oxygen atoms in total. The zero-order valence-electron chi connectivity index (χ0n) is 23.1. The molecule has 34 heavy (non-hydrogen) atoms. The molecule has 0 aliphatic heterocycles. The first-order valence-corrected chi connectivity index (χ1v) is 14.0. The molecule has 0 spiro atoms. The van der Waals surface area contributed by atoms with Crippen molar-refractivity contribution in [3.63, 3.8) is 0 Å². The number of carbonyl (C=O) groups excluding carboxylic acids is 1. The Morgan fingerprint density at radius 2 is 1.74 bits per heavy atom. The molecule has 0 saturated heterocycles. The van der Waals surface area contributed by atoms with Gasteiger partial charge in [-0.15, -0.1) is 0 Å². The van der Waals surface area contributed by atoms with Crippen LogP contribution in [0.4, 0.5) is 0 Å². The maximum absolute atomic E-state index is 11.9. The maximum Gasteiger partial charge on any atom is 0.302 e. The van der Waals surface area contributed by atoms with Gasteiger partial charge in [0.1, 0.15) is 6.10 Å². The Morgan fingerprint density at radius 3 is 2.41 bits per heavy atom. The Hall–Kier alpha value is -1.31.